The van der Waals surface area contributed by atoms with Gasteiger partial charge < -0.3 is 9.84 Å². The lowest BCUT2D eigenvalue weighted by Crippen LogP contribution is -2.27. The molecule has 1 aliphatic heterocycles. The van der Waals surface area contributed by atoms with Crippen LogP contribution in [0.5, 0.6) is 11.5 Å². The Kier molecular flexibility index (Phi) is 5.58. The van der Waals surface area contributed by atoms with E-state index < -0.39 is 0 Å². The molecule has 0 amide bonds. The number of aromatic hydroxyl groups is 1. The van der Waals surface area contributed by atoms with Crippen LogP contribution < -0.4 is 4.74 Å². The Morgan fingerprint density at radius 3 is 2.75 bits per heavy atom. The van der Waals surface area contributed by atoms with E-state index in [4.69, 9.17) is 4.74 Å². The first-order chi connectivity index (χ1) is 13.7. The molecule has 1 N–H and O–H groups in total. The van der Waals surface area contributed by atoms with Gasteiger partial charge >= 0.3 is 0 Å². The van der Waals surface area contributed by atoms with E-state index in [1.54, 1.807) is 12.3 Å². The normalized spacial score (nSPS) is 15.3. The van der Waals surface area contributed by atoms with E-state index in [-0.39, 0.29) is 5.75 Å². The van der Waals surface area contributed by atoms with Gasteiger partial charge in [-0.25, -0.2) is 0 Å². The number of hydrogen-bond acceptors (Lipinski definition) is 4. The fourth-order valence-electron chi connectivity index (χ4n) is 3.77. The molecule has 2 heterocycles. The molecule has 1 atom stereocenters. The summed E-state index contributed by atoms with van der Waals surface area (Å²) in [5.41, 5.74) is 4.37. The molecule has 0 saturated heterocycles. The monoisotopic (exact) mass is 374 g/mol. The second-order valence-corrected chi connectivity index (χ2v) is 7.45. The predicted molar refractivity (Wildman–Crippen MR) is 112 cm³/mol. The molecule has 0 aliphatic carbocycles. The summed E-state index contributed by atoms with van der Waals surface area (Å²) >= 11 is 0. The number of benzene rings is 2. The zero-order valence-electron chi connectivity index (χ0n) is 16.2. The smallest absolute Gasteiger partial charge is 0.165 e. The number of phenols is 1. The highest BCUT2D eigenvalue weighted by Crippen LogP contribution is 2.37. The van der Waals surface area contributed by atoms with Gasteiger partial charge in [-0.2, -0.15) is 0 Å². The van der Waals surface area contributed by atoms with Crippen molar-refractivity contribution in [3.05, 3.63) is 78.1 Å². The van der Waals surface area contributed by atoms with Crippen molar-refractivity contribution < 1.29 is 9.84 Å². The second kappa shape index (κ2) is 8.44. The molecule has 28 heavy (non-hydrogen) atoms. The zero-order valence-corrected chi connectivity index (χ0v) is 16.2. The van der Waals surface area contributed by atoms with E-state index in [9.17, 15) is 5.11 Å². The van der Waals surface area contributed by atoms with Gasteiger partial charge in [-0.3, -0.25) is 9.88 Å². The number of aromatic nitrogens is 1. The molecular formula is C24H26N2O2. The standard InChI is InChI=1S/C24H26N2O2/c1-18(19-6-3-2-4-7-19)9-11-26-12-13-28-24-22(17-26)14-21(15-23(24)27)20-8-5-10-25-16-20/h2-8,10,14-16,18,27H,9,11-13,17H2,1H3. The molecular weight excluding hydrogens is 348 g/mol. The van der Waals surface area contributed by atoms with Crippen LogP contribution in [0, 0.1) is 0 Å². The van der Waals surface area contributed by atoms with Crippen LogP contribution in [0.1, 0.15) is 30.4 Å². The van der Waals surface area contributed by atoms with Gasteiger partial charge in [0.15, 0.2) is 11.5 Å². The number of fused-ring (bicyclic) bond motifs is 1. The van der Waals surface area contributed by atoms with Crippen LogP contribution in [0.2, 0.25) is 0 Å². The van der Waals surface area contributed by atoms with Gasteiger partial charge in [0.05, 0.1) is 0 Å². The Morgan fingerprint density at radius 1 is 1.11 bits per heavy atom. The highest BCUT2D eigenvalue weighted by atomic mass is 16.5. The maximum absolute atomic E-state index is 10.5. The number of nitrogens with zero attached hydrogens (tertiary/aromatic N) is 2. The van der Waals surface area contributed by atoms with Crippen LogP contribution in [0.3, 0.4) is 0 Å². The molecule has 4 rings (SSSR count). The molecule has 3 aromatic rings. The first-order valence-corrected chi connectivity index (χ1v) is 9.87. The van der Waals surface area contributed by atoms with Crippen LogP contribution in [0.4, 0.5) is 0 Å². The number of rotatable bonds is 5. The fraction of sp³-hybridized carbons (Fsp3) is 0.292. The van der Waals surface area contributed by atoms with Crippen molar-refractivity contribution >= 4 is 0 Å². The summed E-state index contributed by atoms with van der Waals surface area (Å²) < 4.78 is 5.88. The van der Waals surface area contributed by atoms with Crippen molar-refractivity contribution in [1.82, 2.24) is 9.88 Å². The van der Waals surface area contributed by atoms with Crippen LogP contribution in [-0.2, 0) is 6.54 Å². The Morgan fingerprint density at radius 2 is 1.96 bits per heavy atom. The Hall–Kier alpha value is -2.85. The summed E-state index contributed by atoms with van der Waals surface area (Å²) in [6.07, 6.45) is 4.66. The van der Waals surface area contributed by atoms with Crippen LogP contribution in [0.15, 0.2) is 67.0 Å². The molecule has 1 unspecified atom stereocenters. The van der Waals surface area contributed by atoms with Crippen LogP contribution in [-0.4, -0.2) is 34.7 Å². The molecule has 0 bridgehead atoms. The minimum atomic E-state index is 0.204. The first kappa shape index (κ1) is 18.5. The van der Waals surface area contributed by atoms with E-state index in [1.807, 2.05) is 18.3 Å². The third-order valence-corrected chi connectivity index (χ3v) is 5.44. The van der Waals surface area contributed by atoms with Crippen molar-refractivity contribution in [3.63, 3.8) is 0 Å². The van der Waals surface area contributed by atoms with Gasteiger partial charge in [0.2, 0.25) is 0 Å². The average Bonchev–Trinajstić information content (AvgIpc) is 2.95. The summed E-state index contributed by atoms with van der Waals surface area (Å²) in [6, 6.07) is 18.5. The lowest BCUT2D eigenvalue weighted by molar-refractivity contribution is 0.218. The minimum Gasteiger partial charge on any atom is -0.504 e. The minimum absolute atomic E-state index is 0.204. The molecule has 0 radical (unpaired) electrons. The van der Waals surface area contributed by atoms with Crippen molar-refractivity contribution in [2.45, 2.75) is 25.8 Å². The molecule has 1 aromatic heterocycles. The van der Waals surface area contributed by atoms with Crippen molar-refractivity contribution in [3.8, 4) is 22.6 Å². The lowest BCUT2D eigenvalue weighted by atomic mass is 9.97. The average molecular weight is 374 g/mol. The van der Waals surface area contributed by atoms with Crippen LogP contribution in [0.25, 0.3) is 11.1 Å². The van der Waals surface area contributed by atoms with E-state index in [2.05, 4.69) is 53.2 Å². The lowest BCUT2D eigenvalue weighted by Gasteiger charge is -2.22. The number of ether oxygens (including phenoxy) is 1. The summed E-state index contributed by atoms with van der Waals surface area (Å²) in [5.74, 6) is 1.34. The molecule has 4 nitrogen and oxygen atoms in total. The van der Waals surface area contributed by atoms with Crippen molar-refractivity contribution in [2.75, 3.05) is 19.7 Å². The maximum atomic E-state index is 10.5. The molecule has 0 spiro atoms. The van der Waals surface area contributed by atoms with E-state index in [0.29, 0.717) is 18.3 Å². The number of pyridine rings is 1. The van der Waals surface area contributed by atoms with Gasteiger partial charge in [0, 0.05) is 36.6 Å². The predicted octanol–water partition coefficient (Wildman–Crippen LogP) is 4.84. The number of phenolic OH excluding ortho intramolecular Hbond substituents is 1. The highest BCUT2D eigenvalue weighted by molar-refractivity contribution is 5.68. The van der Waals surface area contributed by atoms with Crippen molar-refractivity contribution in [1.29, 1.82) is 0 Å². The quantitative estimate of drug-likeness (QED) is 0.694. The molecule has 0 saturated carbocycles. The van der Waals surface area contributed by atoms with Crippen LogP contribution >= 0.6 is 0 Å². The van der Waals surface area contributed by atoms with Crippen molar-refractivity contribution in [2.24, 2.45) is 0 Å². The van der Waals surface area contributed by atoms with Gasteiger partial charge in [0.1, 0.15) is 6.61 Å². The Balaban J connectivity index is 1.50. The molecule has 2 aromatic carbocycles. The van der Waals surface area contributed by atoms with E-state index in [0.717, 1.165) is 42.7 Å². The first-order valence-electron chi connectivity index (χ1n) is 9.87. The van der Waals surface area contributed by atoms with Gasteiger partial charge in [0.25, 0.3) is 0 Å². The Labute approximate surface area is 166 Å². The van der Waals surface area contributed by atoms with E-state index >= 15 is 0 Å². The summed E-state index contributed by atoms with van der Waals surface area (Å²) in [6.45, 7) is 5.50. The number of hydrogen-bond donors (Lipinski definition) is 1. The molecule has 144 valence electrons. The van der Waals surface area contributed by atoms with Gasteiger partial charge in [-0.05, 0) is 48.2 Å². The SMILES string of the molecule is CC(CCN1CCOc2c(O)cc(-c3cccnc3)cc2C1)c1ccccc1. The van der Waals surface area contributed by atoms with Gasteiger partial charge in [-0.1, -0.05) is 43.3 Å². The largest absolute Gasteiger partial charge is 0.504 e. The topological polar surface area (TPSA) is 45.6 Å². The summed E-state index contributed by atoms with van der Waals surface area (Å²) in [5, 5.41) is 10.5. The fourth-order valence-corrected chi connectivity index (χ4v) is 3.77. The van der Waals surface area contributed by atoms with E-state index in [1.165, 1.54) is 5.56 Å². The Bertz CT molecular complexity index is 913. The second-order valence-electron chi connectivity index (χ2n) is 7.45. The zero-order chi connectivity index (χ0) is 19.3. The maximum Gasteiger partial charge on any atom is 0.165 e. The highest BCUT2D eigenvalue weighted by Gasteiger charge is 2.20. The summed E-state index contributed by atoms with van der Waals surface area (Å²) in [4.78, 5) is 6.61. The summed E-state index contributed by atoms with van der Waals surface area (Å²) in [7, 11) is 0. The molecule has 4 heteroatoms. The van der Waals surface area contributed by atoms with Gasteiger partial charge in [-0.15, -0.1) is 0 Å². The third kappa shape index (κ3) is 4.18. The molecule has 1 aliphatic rings. The third-order valence-electron chi connectivity index (χ3n) is 5.44. The molecule has 0 fully saturated rings.